The lowest BCUT2D eigenvalue weighted by Crippen LogP contribution is -2.15. The van der Waals surface area contributed by atoms with Crippen LogP contribution < -0.4 is 10.6 Å². The number of nitrogens with zero attached hydrogens (tertiary/aromatic N) is 2. The van der Waals surface area contributed by atoms with Gasteiger partial charge in [0, 0.05) is 25.8 Å². The van der Waals surface area contributed by atoms with Crippen molar-refractivity contribution in [2.24, 2.45) is 5.92 Å². The summed E-state index contributed by atoms with van der Waals surface area (Å²) in [6.07, 6.45) is 3.43. The maximum absolute atomic E-state index is 5.42. The van der Waals surface area contributed by atoms with E-state index in [0.29, 0.717) is 19.1 Å². The van der Waals surface area contributed by atoms with Crippen molar-refractivity contribution in [3.63, 3.8) is 0 Å². The maximum atomic E-state index is 5.42. The second kappa shape index (κ2) is 10.4. The molecule has 0 aliphatic heterocycles. The van der Waals surface area contributed by atoms with Gasteiger partial charge in [0.1, 0.15) is 18.2 Å². The fourth-order valence-electron chi connectivity index (χ4n) is 2.02. The summed E-state index contributed by atoms with van der Waals surface area (Å²) < 4.78 is 5.42. The molecule has 21 heavy (non-hydrogen) atoms. The Morgan fingerprint density at radius 1 is 1.05 bits per heavy atom. The average molecular weight is 294 g/mol. The van der Waals surface area contributed by atoms with Crippen LogP contribution in [0.3, 0.4) is 0 Å². The second-order valence-corrected chi connectivity index (χ2v) is 5.18. The van der Waals surface area contributed by atoms with E-state index in [1.54, 1.807) is 0 Å². The van der Waals surface area contributed by atoms with Crippen molar-refractivity contribution in [1.82, 2.24) is 9.97 Å². The van der Waals surface area contributed by atoms with Crippen LogP contribution in [0.1, 0.15) is 52.8 Å². The van der Waals surface area contributed by atoms with E-state index in [0.717, 1.165) is 37.0 Å². The lowest BCUT2D eigenvalue weighted by Gasteiger charge is -2.15. The Balaban J connectivity index is 2.74. The molecule has 1 aromatic rings. The largest absolute Gasteiger partial charge is 0.374 e. The van der Waals surface area contributed by atoms with Gasteiger partial charge in [-0.3, -0.25) is 0 Å². The number of ether oxygens (including phenoxy) is 1. The van der Waals surface area contributed by atoms with Gasteiger partial charge in [-0.2, -0.15) is 0 Å². The van der Waals surface area contributed by atoms with Crippen LogP contribution in [0.4, 0.5) is 11.6 Å². The SMILES string of the molecule is CCCNc1cc(NCC(CC)CC)nc(COCC)n1. The molecule has 0 amide bonds. The van der Waals surface area contributed by atoms with Crippen LogP contribution in [-0.4, -0.2) is 29.7 Å². The van der Waals surface area contributed by atoms with Crippen molar-refractivity contribution in [2.75, 3.05) is 30.3 Å². The lowest BCUT2D eigenvalue weighted by molar-refractivity contribution is 0.128. The molecular formula is C16H30N4O. The zero-order valence-electron chi connectivity index (χ0n) is 13.9. The first-order valence-electron chi connectivity index (χ1n) is 8.16. The molecule has 0 radical (unpaired) electrons. The summed E-state index contributed by atoms with van der Waals surface area (Å²) in [7, 11) is 0. The molecule has 0 aromatic carbocycles. The molecule has 5 heteroatoms. The topological polar surface area (TPSA) is 59.1 Å². The molecule has 0 saturated heterocycles. The van der Waals surface area contributed by atoms with Gasteiger partial charge in [0.15, 0.2) is 5.82 Å². The summed E-state index contributed by atoms with van der Waals surface area (Å²) in [5, 5.41) is 6.75. The van der Waals surface area contributed by atoms with E-state index >= 15 is 0 Å². The Morgan fingerprint density at radius 2 is 1.71 bits per heavy atom. The highest BCUT2D eigenvalue weighted by Gasteiger charge is 2.07. The second-order valence-electron chi connectivity index (χ2n) is 5.18. The Morgan fingerprint density at radius 3 is 2.29 bits per heavy atom. The summed E-state index contributed by atoms with van der Waals surface area (Å²) in [5.41, 5.74) is 0. The zero-order valence-corrected chi connectivity index (χ0v) is 13.9. The normalized spacial score (nSPS) is 10.9. The van der Waals surface area contributed by atoms with Crippen molar-refractivity contribution in [3.8, 4) is 0 Å². The molecule has 2 N–H and O–H groups in total. The minimum absolute atomic E-state index is 0.456. The number of nitrogens with one attached hydrogen (secondary N) is 2. The van der Waals surface area contributed by atoms with Crippen LogP contribution in [0.25, 0.3) is 0 Å². The van der Waals surface area contributed by atoms with E-state index in [9.17, 15) is 0 Å². The summed E-state index contributed by atoms with van der Waals surface area (Å²) in [5.74, 6) is 3.16. The van der Waals surface area contributed by atoms with Crippen molar-refractivity contribution in [3.05, 3.63) is 11.9 Å². The van der Waals surface area contributed by atoms with E-state index in [1.165, 1.54) is 12.8 Å². The van der Waals surface area contributed by atoms with Gasteiger partial charge >= 0.3 is 0 Å². The number of hydrogen-bond acceptors (Lipinski definition) is 5. The smallest absolute Gasteiger partial charge is 0.158 e. The molecule has 0 aliphatic carbocycles. The van der Waals surface area contributed by atoms with Gasteiger partial charge < -0.3 is 15.4 Å². The highest BCUT2D eigenvalue weighted by Crippen LogP contribution is 2.14. The van der Waals surface area contributed by atoms with Gasteiger partial charge in [-0.15, -0.1) is 0 Å². The highest BCUT2D eigenvalue weighted by molar-refractivity contribution is 5.47. The van der Waals surface area contributed by atoms with Crippen LogP contribution in [0, 0.1) is 5.92 Å². The summed E-state index contributed by atoms with van der Waals surface area (Å²) in [4.78, 5) is 9.02. The molecule has 0 fully saturated rings. The summed E-state index contributed by atoms with van der Waals surface area (Å²) in [6.45, 7) is 11.6. The minimum atomic E-state index is 0.456. The van der Waals surface area contributed by atoms with Crippen LogP contribution >= 0.6 is 0 Å². The van der Waals surface area contributed by atoms with E-state index in [1.807, 2.05) is 13.0 Å². The Hall–Kier alpha value is -1.36. The molecule has 1 rings (SSSR count). The molecule has 0 bridgehead atoms. The molecule has 0 unspecified atom stereocenters. The molecule has 1 heterocycles. The van der Waals surface area contributed by atoms with Crippen molar-refractivity contribution < 1.29 is 4.74 Å². The standard InChI is InChI=1S/C16H30N4O/c1-5-9-17-14-10-15(18-11-13(6-2)7-3)20-16(19-14)12-21-8-4/h10,13H,5-9,11-12H2,1-4H3,(H2,17,18,19,20). The van der Waals surface area contributed by atoms with E-state index in [2.05, 4.69) is 41.4 Å². The molecule has 0 saturated carbocycles. The first-order valence-corrected chi connectivity index (χ1v) is 8.16. The van der Waals surface area contributed by atoms with E-state index < -0.39 is 0 Å². The van der Waals surface area contributed by atoms with Crippen LogP contribution in [0.15, 0.2) is 6.07 Å². The minimum Gasteiger partial charge on any atom is -0.374 e. The molecular weight excluding hydrogens is 264 g/mol. The Bertz CT molecular complexity index is 368. The fraction of sp³-hybridized carbons (Fsp3) is 0.750. The first kappa shape index (κ1) is 17.7. The molecule has 0 atom stereocenters. The third-order valence-corrected chi connectivity index (χ3v) is 3.49. The Labute approximate surface area is 128 Å². The average Bonchev–Trinajstić information content (AvgIpc) is 2.52. The lowest BCUT2D eigenvalue weighted by atomic mass is 10.0. The summed E-state index contributed by atoms with van der Waals surface area (Å²) >= 11 is 0. The van der Waals surface area contributed by atoms with Crippen molar-refractivity contribution in [2.45, 2.75) is 53.6 Å². The number of rotatable bonds is 11. The molecule has 5 nitrogen and oxygen atoms in total. The van der Waals surface area contributed by atoms with E-state index in [4.69, 9.17) is 4.74 Å². The van der Waals surface area contributed by atoms with Crippen molar-refractivity contribution in [1.29, 1.82) is 0 Å². The predicted octanol–water partition coefficient (Wildman–Crippen LogP) is 3.68. The van der Waals surface area contributed by atoms with Gasteiger partial charge in [-0.25, -0.2) is 9.97 Å². The number of aromatic nitrogens is 2. The van der Waals surface area contributed by atoms with Gasteiger partial charge in [0.05, 0.1) is 0 Å². The molecule has 0 spiro atoms. The van der Waals surface area contributed by atoms with Gasteiger partial charge in [0.2, 0.25) is 0 Å². The fourth-order valence-corrected chi connectivity index (χ4v) is 2.02. The Kier molecular flexibility index (Phi) is 8.74. The van der Waals surface area contributed by atoms with Crippen molar-refractivity contribution >= 4 is 11.6 Å². The highest BCUT2D eigenvalue weighted by atomic mass is 16.5. The predicted molar refractivity (Wildman–Crippen MR) is 88.7 cm³/mol. The monoisotopic (exact) mass is 294 g/mol. The van der Waals surface area contributed by atoms with Gasteiger partial charge in [0.25, 0.3) is 0 Å². The third-order valence-electron chi connectivity index (χ3n) is 3.49. The third kappa shape index (κ3) is 6.76. The molecule has 1 aromatic heterocycles. The van der Waals surface area contributed by atoms with E-state index in [-0.39, 0.29) is 0 Å². The van der Waals surface area contributed by atoms with Crippen LogP contribution in [0.5, 0.6) is 0 Å². The number of anilines is 2. The maximum Gasteiger partial charge on any atom is 0.158 e. The van der Waals surface area contributed by atoms with Gasteiger partial charge in [-0.1, -0.05) is 33.6 Å². The zero-order chi connectivity index (χ0) is 15.5. The quantitative estimate of drug-likeness (QED) is 0.652. The first-order chi connectivity index (χ1) is 10.2. The number of hydrogen-bond donors (Lipinski definition) is 2. The van der Waals surface area contributed by atoms with Gasteiger partial charge in [-0.05, 0) is 19.3 Å². The van der Waals surface area contributed by atoms with Crippen LogP contribution in [0.2, 0.25) is 0 Å². The molecule has 120 valence electrons. The van der Waals surface area contributed by atoms with Crippen LogP contribution in [-0.2, 0) is 11.3 Å². The summed E-state index contributed by atoms with van der Waals surface area (Å²) in [6, 6.07) is 1.98. The molecule has 0 aliphatic rings.